The van der Waals surface area contributed by atoms with Gasteiger partial charge in [-0.25, -0.2) is 4.79 Å². The van der Waals surface area contributed by atoms with E-state index in [-0.39, 0.29) is 17.6 Å². The minimum absolute atomic E-state index is 0.0441. The molecule has 136 valence electrons. The summed E-state index contributed by atoms with van der Waals surface area (Å²) in [6, 6.07) is 0. The molecule has 0 aliphatic rings. The number of carbonyl (C=O) groups excluding carboxylic acids is 1. The Balaban J connectivity index is 4.52. The van der Waals surface area contributed by atoms with Crippen LogP contribution in [0.15, 0.2) is 4.99 Å². The number of nitrogens with zero attached hydrogens (tertiary/aromatic N) is 2. The van der Waals surface area contributed by atoms with Crippen LogP contribution in [0.4, 0.5) is 4.79 Å². The lowest BCUT2D eigenvalue weighted by atomic mass is 10.1. The van der Waals surface area contributed by atoms with Crippen molar-refractivity contribution in [1.82, 2.24) is 15.5 Å². The molecule has 1 amide bonds. The van der Waals surface area contributed by atoms with Crippen LogP contribution in [0.5, 0.6) is 0 Å². The van der Waals surface area contributed by atoms with Gasteiger partial charge in [0.1, 0.15) is 5.60 Å². The molecule has 0 spiro atoms. The Morgan fingerprint density at radius 3 is 2.22 bits per heavy atom. The Hall–Kier alpha value is -1.46. The second-order valence-corrected chi connectivity index (χ2v) is 8.06. The highest BCUT2D eigenvalue weighted by molar-refractivity contribution is 5.80. The smallest absolute Gasteiger partial charge is 0.410 e. The number of rotatable bonds is 5. The van der Waals surface area contributed by atoms with E-state index in [9.17, 15) is 4.79 Å². The number of guanidine groups is 1. The summed E-state index contributed by atoms with van der Waals surface area (Å²) >= 11 is 0. The summed E-state index contributed by atoms with van der Waals surface area (Å²) in [5.74, 6) is 1.04. The van der Waals surface area contributed by atoms with Crippen molar-refractivity contribution in [2.75, 3.05) is 26.7 Å². The summed E-state index contributed by atoms with van der Waals surface area (Å²) in [6.45, 7) is 18.1. The number of carbonyl (C=O) groups is 1. The molecule has 0 heterocycles. The standard InChI is InChI=1S/C17H36N4O2/c1-10-18-14(20-16(3,4)5)19-11-13(2)12-21(9)15(22)23-17(6,7)8/h13H,10-12H2,1-9H3,(H2,18,19,20). The molecule has 0 saturated carbocycles. The molecule has 1 atom stereocenters. The van der Waals surface area contributed by atoms with Crippen LogP contribution >= 0.6 is 0 Å². The lowest BCUT2D eigenvalue weighted by Gasteiger charge is -2.26. The van der Waals surface area contributed by atoms with E-state index < -0.39 is 5.60 Å². The highest BCUT2D eigenvalue weighted by Gasteiger charge is 2.20. The maximum absolute atomic E-state index is 12.0. The van der Waals surface area contributed by atoms with Crippen LogP contribution < -0.4 is 10.6 Å². The van der Waals surface area contributed by atoms with Gasteiger partial charge in [-0.05, 0) is 54.4 Å². The van der Waals surface area contributed by atoms with E-state index in [4.69, 9.17) is 4.74 Å². The molecular weight excluding hydrogens is 292 g/mol. The third kappa shape index (κ3) is 11.7. The van der Waals surface area contributed by atoms with E-state index in [1.165, 1.54) is 0 Å². The normalized spacial score (nSPS) is 14.2. The molecule has 6 heteroatoms. The molecule has 23 heavy (non-hydrogen) atoms. The molecule has 0 aromatic carbocycles. The van der Waals surface area contributed by atoms with Crippen molar-refractivity contribution in [3.05, 3.63) is 0 Å². The van der Waals surface area contributed by atoms with Crippen LogP contribution in [0.25, 0.3) is 0 Å². The average Bonchev–Trinajstić information content (AvgIpc) is 2.32. The molecular formula is C17H36N4O2. The highest BCUT2D eigenvalue weighted by Crippen LogP contribution is 2.10. The number of hydrogen-bond donors (Lipinski definition) is 2. The summed E-state index contributed by atoms with van der Waals surface area (Å²) in [5, 5.41) is 6.59. The Labute approximate surface area is 142 Å². The topological polar surface area (TPSA) is 66.0 Å². The molecule has 0 aromatic heterocycles. The second kappa shape index (κ2) is 8.99. The van der Waals surface area contributed by atoms with Gasteiger partial charge in [-0.2, -0.15) is 0 Å². The maximum atomic E-state index is 12.0. The van der Waals surface area contributed by atoms with Gasteiger partial charge < -0.3 is 20.3 Å². The first-order valence-electron chi connectivity index (χ1n) is 8.34. The Kier molecular flexibility index (Phi) is 8.42. The molecule has 0 aliphatic carbocycles. The third-order valence-electron chi connectivity index (χ3n) is 2.69. The SMILES string of the molecule is CCNC(=NCC(C)CN(C)C(=O)OC(C)(C)C)NC(C)(C)C. The lowest BCUT2D eigenvalue weighted by molar-refractivity contribution is 0.0279. The first-order chi connectivity index (χ1) is 10.3. The van der Waals surface area contributed by atoms with Crippen molar-refractivity contribution in [3.63, 3.8) is 0 Å². The first kappa shape index (κ1) is 21.5. The molecule has 0 fully saturated rings. The number of hydrogen-bond acceptors (Lipinski definition) is 3. The first-order valence-corrected chi connectivity index (χ1v) is 8.34. The van der Waals surface area contributed by atoms with E-state index in [2.05, 4.69) is 43.3 Å². The third-order valence-corrected chi connectivity index (χ3v) is 2.69. The fourth-order valence-electron chi connectivity index (χ4n) is 1.85. The zero-order valence-corrected chi connectivity index (χ0v) is 16.4. The zero-order valence-electron chi connectivity index (χ0n) is 16.4. The quantitative estimate of drug-likeness (QED) is 0.601. The van der Waals surface area contributed by atoms with Crippen molar-refractivity contribution in [2.45, 2.75) is 66.5 Å². The second-order valence-electron chi connectivity index (χ2n) is 8.06. The summed E-state index contributed by atoms with van der Waals surface area (Å²) < 4.78 is 5.36. The summed E-state index contributed by atoms with van der Waals surface area (Å²) in [4.78, 5) is 18.2. The highest BCUT2D eigenvalue weighted by atomic mass is 16.6. The lowest BCUT2D eigenvalue weighted by Crippen LogP contribution is -2.47. The minimum Gasteiger partial charge on any atom is -0.444 e. The predicted molar refractivity (Wildman–Crippen MR) is 96.9 cm³/mol. The Morgan fingerprint density at radius 2 is 1.78 bits per heavy atom. The van der Waals surface area contributed by atoms with Crippen LogP contribution in [0.3, 0.4) is 0 Å². The Morgan fingerprint density at radius 1 is 1.22 bits per heavy atom. The van der Waals surface area contributed by atoms with Crippen LogP contribution in [-0.2, 0) is 4.74 Å². The molecule has 0 rings (SSSR count). The number of ether oxygens (including phenoxy) is 1. The van der Waals surface area contributed by atoms with E-state index in [1.54, 1.807) is 11.9 Å². The van der Waals surface area contributed by atoms with E-state index in [0.29, 0.717) is 13.1 Å². The van der Waals surface area contributed by atoms with Crippen molar-refractivity contribution in [2.24, 2.45) is 10.9 Å². The van der Waals surface area contributed by atoms with E-state index >= 15 is 0 Å². The molecule has 0 aromatic rings. The summed E-state index contributed by atoms with van der Waals surface area (Å²) in [5.41, 5.74) is -0.515. The molecule has 0 bridgehead atoms. The molecule has 6 nitrogen and oxygen atoms in total. The maximum Gasteiger partial charge on any atom is 0.410 e. The monoisotopic (exact) mass is 328 g/mol. The molecule has 0 aliphatic heterocycles. The van der Waals surface area contributed by atoms with Crippen molar-refractivity contribution in [1.29, 1.82) is 0 Å². The van der Waals surface area contributed by atoms with Gasteiger partial charge in [0.15, 0.2) is 5.96 Å². The van der Waals surface area contributed by atoms with E-state index in [0.717, 1.165) is 12.5 Å². The van der Waals surface area contributed by atoms with Gasteiger partial charge in [0.05, 0.1) is 0 Å². The fourth-order valence-corrected chi connectivity index (χ4v) is 1.85. The van der Waals surface area contributed by atoms with Crippen LogP contribution in [-0.4, -0.2) is 54.8 Å². The van der Waals surface area contributed by atoms with Crippen LogP contribution in [0, 0.1) is 5.92 Å². The van der Waals surface area contributed by atoms with Crippen molar-refractivity contribution < 1.29 is 9.53 Å². The van der Waals surface area contributed by atoms with Crippen molar-refractivity contribution in [3.8, 4) is 0 Å². The van der Waals surface area contributed by atoms with Gasteiger partial charge in [0, 0.05) is 32.2 Å². The van der Waals surface area contributed by atoms with Gasteiger partial charge in [-0.1, -0.05) is 6.92 Å². The minimum atomic E-state index is -0.471. The van der Waals surface area contributed by atoms with Gasteiger partial charge in [-0.3, -0.25) is 4.99 Å². The number of amides is 1. The summed E-state index contributed by atoms with van der Waals surface area (Å²) in [7, 11) is 1.76. The molecule has 0 radical (unpaired) electrons. The fraction of sp³-hybridized carbons (Fsp3) is 0.882. The predicted octanol–water partition coefficient (Wildman–Crippen LogP) is 2.84. The van der Waals surface area contributed by atoms with E-state index in [1.807, 2.05) is 27.7 Å². The number of nitrogens with one attached hydrogen (secondary N) is 2. The van der Waals surface area contributed by atoms with Crippen molar-refractivity contribution >= 4 is 12.1 Å². The average molecular weight is 329 g/mol. The van der Waals surface area contributed by atoms with Gasteiger partial charge in [-0.15, -0.1) is 0 Å². The Bertz CT molecular complexity index is 394. The molecule has 0 saturated heterocycles. The molecule has 2 N–H and O–H groups in total. The zero-order chi connectivity index (χ0) is 18.3. The summed E-state index contributed by atoms with van der Waals surface area (Å²) in [6.07, 6.45) is -0.298. The van der Waals surface area contributed by atoms with Gasteiger partial charge in [0.2, 0.25) is 0 Å². The van der Waals surface area contributed by atoms with Crippen LogP contribution in [0.2, 0.25) is 0 Å². The van der Waals surface area contributed by atoms with Crippen LogP contribution in [0.1, 0.15) is 55.4 Å². The largest absolute Gasteiger partial charge is 0.444 e. The molecule has 1 unspecified atom stereocenters. The van der Waals surface area contributed by atoms with Gasteiger partial charge >= 0.3 is 6.09 Å². The van der Waals surface area contributed by atoms with Gasteiger partial charge in [0.25, 0.3) is 0 Å². The number of aliphatic imine (C=N–C) groups is 1.